The molecule has 1 aliphatic carbocycles. The molecule has 1 aromatic carbocycles. The molecule has 0 heterocycles. The van der Waals surface area contributed by atoms with Crippen molar-refractivity contribution < 1.29 is 8.42 Å². The van der Waals surface area contributed by atoms with Crippen LogP contribution in [0.1, 0.15) is 36.8 Å². The minimum Gasteiger partial charge on any atom is -0.207 e. The second kappa shape index (κ2) is 6.46. The van der Waals surface area contributed by atoms with E-state index in [-0.39, 0.29) is 0 Å². The third-order valence-corrected chi connectivity index (χ3v) is 6.47. The number of rotatable bonds is 5. The van der Waals surface area contributed by atoms with Crippen LogP contribution in [0.2, 0.25) is 0 Å². The average Bonchev–Trinajstić information content (AvgIpc) is 2.91. The highest BCUT2D eigenvalue weighted by Gasteiger charge is 2.27. The van der Waals surface area contributed by atoms with Crippen molar-refractivity contribution in [2.75, 3.05) is 13.6 Å². The molecular formula is C15H22ClNO2S. The Bertz CT molecular complexity index is 565. The highest BCUT2D eigenvalue weighted by molar-refractivity contribution is 7.89. The predicted molar refractivity (Wildman–Crippen MR) is 82.5 cm³/mol. The van der Waals surface area contributed by atoms with Gasteiger partial charge in [0.05, 0.1) is 4.90 Å². The molecule has 112 valence electrons. The summed E-state index contributed by atoms with van der Waals surface area (Å²) in [6, 6.07) is 5.31. The topological polar surface area (TPSA) is 37.4 Å². The highest BCUT2D eigenvalue weighted by Crippen LogP contribution is 2.28. The summed E-state index contributed by atoms with van der Waals surface area (Å²) in [5.41, 5.74) is 1.64. The summed E-state index contributed by atoms with van der Waals surface area (Å²) in [4.78, 5) is 0.385. The molecule has 0 N–H and O–H groups in total. The standard InChI is InChI=1S/C15H22ClNO2S/c1-12-14(10-16)8-5-9-15(12)20(18,19)17(2)11-13-6-3-4-7-13/h5,8-9,13H,3-4,6-7,10-11H2,1-2H3. The number of sulfonamides is 1. The molecule has 5 heteroatoms. The van der Waals surface area contributed by atoms with Gasteiger partial charge in [-0.2, -0.15) is 0 Å². The van der Waals surface area contributed by atoms with E-state index < -0.39 is 10.0 Å². The van der Waals surface area contributed by atoms with Crippen LogP contribution >= 0.6 is 11.6 Å². The number of nitrogens with zero attached hydrogens (tertiary/aromatic N) is 1. The van der Waals surface area contributed by atoms with Crippen LogP contribution in [0.4, 0.5) is 0 Å². The largest absolute Gasteiger partial charge is 0.243 e. The monoisotopic (exact) mass is 315 g/mol. The highest BCUT2D eigenvalue weighted by atomic mass is 35.5. The van der Waals surface area contributed by atoms with Gasteiger partial charge in [0.2, 0.25) is 10.0 Å². The fourth-order valence-corrected chi connectivity index (χ4v) is 4.71. The van der Waals surface area contributed by atoms with Gasteiger partial charge in [-0.05, 0) is 42.9 Å². The van der Waals surface area contributed by atoms with Gasteiger partial charge in [-0.3, -0.25) is 0 Å². The van der Waals surface area contributed by atoms with Crippen LogP contribution in [0.25, 0.3) is 0 Å². The lowest BCUT2D eigenvalue weighted by atomic mass is 10.1. The van der Waals surface area contributed by atoms with Crippen LogP contribution in [-0.4, -0.2) is 26.3 Å². The predicted octanol–water partition coefficient (Wildman–Crippen LogP) is 3.54. The Labute approximate surface area is 127 Å². The van der Waals surface area contributed by atoms with Gasteiger partial charge in [-0.25, -0.2) is 12.7 Å². The molecule has 3 nitrogen and oxygen atoms in total. The van der Waals surface area contributed by atoms with Gasteiger partial charge >= 0.3 is 0 Å². The van der Waals surface area contributed by atoms with E-state index >= 15 is 0 Å². The first-order valence-corrected chi connectivity index (χ1v) is 9.05. The Morgan fingerprint density at radius 1 is 1.30 bits per heavy atom. The van der Waals surface area contributed by atoms with Crippen molar-refractivity contribution in [2.24, 2.45) is 5.92 Å². The molecule has 0 amide bonds. The molecule has 0 aliphatic heterocycles. The van der Waals surface area contributed by atoms with Crippen LogP contribution < -0.4 is 0 Å². The maximum atomic E-state index is 12.7. The lowest BCUT2D eigenvalue weighted by molar-refractivity contribution is 0.387. The van der Waals surface area contributed by atoms with E-state index in [1.807, 2.05) is 13.0 Å². The summed E-state index contributed by atoms with van der Waals surface area (Å²) >= 11 is 5.86. The fraction of sp³-hybridized carbons (Fsp3) is 0.600. The van der Waals surface area contributed by atoms with Gasteiger partial charge in [0.1, 0.15) is 0 Å². The number of alkyl halides is 1. The number of halogens is 1. The summed E-state index contributed by atoms with van der Waals surface area (Å²) < 4.78 is 26.9. The van der Waals surface area contributed by atoms with Gasteiger partial charge < -0.3 is 0 Å². The van der Waals surface area contributed by atoms with Crippen molar-refractivity contribution in [3.8, 4) is 0 Å². The van der Waals surface area contributed by atoms with Crippen LogP contribution in [0.5, 0.6) is 0 Å². The van der Waals surface area contributed by atoms with E-state index in [0.29, 0.717) is 23.2 Å². The second-order valence-corrected chi connectivity index (χ2v) is 7.89. The first-order valence-electron chi connectivity index (χ1n) is 7.07. The summed E-state index contributed by atoms with van der Waals surface area (Å²) in [6.07, 6.45) is 4.72. The molecule has 0 aromatic heterocycles. The summed E-state index contributed by atoms with van der Waals surface area (Å²) in [6.45, 7) is 2.45. The zero-order chi connectivity index (χ0) is 14.8. The van der Waals surface area contributed by atoms with E-state index in [1.165, 1.54) is 17.1 Å². The molecule has 2 rings (SSSR count). The van der Waals surface area contributed by atoms with E-state index in [2.05, 4.69) is 0 Å². The third-order valence-electron chi connectivity index (χ3n) is 4.22. The van der Waals surface area contributed by atoms with E-state index in [0.717, 1.165) is 24.0 Å². The fourth-order valence-electron chi connectivity index (χ4n) is 2.91. The summed E-state index contributed by atoms with van der Waals surface area (Å²) in [7, 11) is -1.73. The van der Waals surface area contributed by atoms with Gasteiger partial charge in [-0.15, -0.1) is 11.6 Å². The summed E-state index contributed by atoms with van der Waals surface area (Å²) in [5.74, 6) is 0.841. The molecule has 0 spiro atoms. The molecule has 0 radical (unpaired) electrons. The van der Waals surface area contributed by atoms with E-state index in [9.17, 15) is 8.42 Å². The van der Waals surface area contributed by atoms with Gasteiger partial charge in [0, 0.05) is 19.5 Å². The Morgan fingerprint density at radius 2 is 1.95 bits per heavy atom. The second-order valence-electron chi connectivity index (χ2n) is 5.61. The SMILES string of the molecule is Cc1c(CCl)cccc1S(=O)(=O)N(C)CC1CCCC1. The number of benzene rings is 1. The Hall–Kier alpha value is -0.580. The lowest BCUT2D eigenvalue weighted by Gasteiger charge is -2.22. The maximum absolute atomic E-state index is 12.7. The minimum atomic E-state index is -3.42. The number of hydrogen-bond donors (Lipinski definition) is 0. The van der Waals surface area contributed by atoms with Crippen molar-refractivity contribution in [3.05, 3.63) is 29.3 Å². The van der Waals surface area contributed by atoms with Crippen molar-refractivity contribution in [1.82, 2.24) is 4.31 Å². The van der Waals surface area contributed by atoms with Crippen LogP contribution in [0, 0.1) is 12.8 Å². The molecule has 1 fully saturated rings. The first kappa shape index (κ1) is 15.8. The van der Waals surface area contributed by atoms with E-state index in [1.54, 1.807) is 19.2 Å². The quantitative estimate of drug-likeness (QED) is 0.779. The Morgan fingerprint density at radius 3 is 2.55 bits per heavy atom. The molecule has 1 saturated carbocycles. The average molecular weight is 316 g/mol. The zero-order valence-electron chi connectivity index (χ0n) is 12.1. The number of hydrogen-bond acceptors (Lipinski definition) is 2. The van der Waals surface area contributed by atoms with Gasteiger partial charge in [0.25, 0.3) is 0 Å². The Kier molecular flexibility index (Phi) is 5.10. The van der Waals surface area contributed by atoms with Crippen molar-refractivity contribution >= 4 is 21.6 Å². The van der Waals surface area contributed by atoms with Gasteiger partial charge in [-0.1, -0.05) is 25.0 Å². The normalized spacial score (nSPS) is 17.0. The molecular weight excluding hydrogens is 294 g/mol. The molecule has 1 aromatic rings. The lowest BCUT2D eigenvalue weighted by Crippen LogP contribution is -2.31. The van der Waals surface area contributed by atoms with Crippen LogP contribution in [0.3, 0.4) is 0 Å². The Balaban J connectivity index is 2.25. The molecule has 0 unspecified atom stereocenters. The van der Waals surface area contributed by atoms with Gasteiger partial charge in [0.15, 0.2) is 0 Å². The molecule has 0 bridgehead atoms. The van der Waals surface area contributed by atoms with Crippen LogP contribution in [0.15, 0.2) is 23.1 Å². The smallest absolute Gasteiger partial charge is 0.207 e. The zero-order valence-corrected chi connectivity index (χ0v) is 13.7. The van der Waals surface area contributed by atoms with Crippen molar-refractivity contribution in [3.63, 3.8) is 0 Å². The first-order chi connectivity index (χ1) is 9.46. The van der Waals surface area contributed by atoms with Crippen LogP contribution in [-0.2, 0) is 15.9 Å². The van der Waals surface area contributed by atoms with Crippen molar-refractivity contribution in [1.29, 1.82) is 0 Å². The summed E-state index contributed by atoms with van der Waals surface area (Å²) in [5, 5.41) is 0. The van der Waals surface area contributed by atoms with Crippen molar-refractivity contribution in [2.45, 2.75) is 43.4 Å². The van der Waals surface area contributed by atoms with E-state index in [4.69, 9.17) is 11.6 Å². The minimum absolute atomic E-state index is 0.335. The third kappa shape index (κ3) is 3.18. The maximum Gasteiger partial charge on any atom is 0.243 e. The molecule has 20 heavy (non-hydrogen) atoms. The molecule has 1 aliphatic rings. The molecule has 0 saturated heterocycles. The molecule has 0 atom stereocenters.